The van der Waals surface area contributed by atoms with Crippen LogP contribution in [-0.4, -0.2) is 20.5 Å². The molecule has 0 radical (unpaired) electrons. The van der Waals surface area contributed by atoms with Gasteiger partial charge in [0.1, 0.15) is 5.84 Å². The van der Waals surface area contributed by atoms with Crippen LogP contribution in [0.4, 0.5) is 5.69 Å². The molecule has 0 aliphatic rings. The number of sulfone groups is 1. The van der Waals surface area contributed by atoms with E-state index in [1.807, 2.05) is 32.0 Å². The van der Waals surface area contributed by atoms with Crippen LogP contribution in [0, 0.1) is 13.8 Å². The average molecular weight is 302 g/mol. The van der Waals surface area contributed by atoms with E-state index in [9.17, 15) is 8.42 Å². The Kier molecular flexibility index (Phi) is 4.14. The first-order chi connectivity index (χ1) is 9.77. The summed E-state index contributed by atoms with van der Waals surface area (Å²) in [6.45, 7) is 4.06. The number of hydrogen-bond donors (Lipinski definition) is 1. The number of aliphatic imine (C=N–C) groups is 1. The van der Waals surface area contributed by atoms with E-state index in [0.29, 0.717) is 11.4 Å². The molecule has 0 atom stereocenters. The zero-order chi connectivity index (χ0) is 15.6. The van der Waals surface area contributed by atoms with Crippen LogP contribution in [0.2, 0.25) is 0 Å². The monoisotopic (exact) mass is 302 g/mol. The van der Waals surface area contributed by atoms with E-state index >= 15 is 0 Å². The summed E-state index contributed by atoms with van der Waals surface area (Å²) in [5.74, 6) is 0.360. The Morgan fingerprint density at radius 2 is 1.62 bits per heavy atom. The third kappa shape index (κ3) is 3.70. The van der Waals surface area contributed by atoms with E-state index < -0.39 is 9.84 Å². The predicted octanol–water partition coefficient (Wildman–Crippen LogP) is 2.74. The highest BCUT2D eigenvalue weighted by Gasteiger charge is 2.07. The van der Waals surface area contributed by atoms with E-state index in [-0.39, 0.29) is 4.90 Å². The molecule has 2 aromatic rings. The van der Waals surface area contributed by atoms with Gasteiger partial charge in [-0.1, -0.05) is 6.07 Å². The summed E-state index contributed by atoms with van der Waals surface area (Å²) in [7, 11) is -3.20. The number of benzene rings is 2. The lowest BCUT2D eigenvalue weighted by molar-refractivity contribution is 0.602. The first-order valence-electron chi connectivity index (χ1n) is 6.49. The molecule has 0 fully saturated rings. The van der Waals surface area contributed by atoms with E-state index in [0.717, 1.165) is 11.3 Å². The molecule has 0 aliphatic heterocycles. The topological polar surface area (TPSA) is 72.5 Å². The van der Waals surface area contributed by atoms with Crippen molar-refractivity contribution < 1.29 is 8.42 Å². The molecule has 0 amide bonds. The van der Waals surface area contributed by atoms with Gasteiger partial charge in [-0.05, 0) is 61.4 Å². The van der Waals surface area contributed by atoms with E-state index in [1.165, 1.54) is 24.0 Å². The summed E-state index contributed by atoms with van der Waals surface area (Å²) in [5, 5.41) is 0. The van der Waals surface area contributed by atoms with Crippen molar-refractivity contribution in [1.82, 2.24) is 0 Å². The number of hydrogen-bond acceptors (Lipinski definition) is 3. The molecule has 2 aromatic carbocycles. The van der Waals surface area contributed by atoms with Crippen LogP contribution in [0.3, 0.4) is 0 Å². The molecule has 0 saturated carbocycles. The number of nitrogens with zero attached hydrogens (tertiary/aromatic N) is 1. The highest BCUT2D eigenvalue weighted by Crippen LogP contribution is 2.18. The van der Waals surface area contributed by atoms with Gasteiger partial charge >= 0.3 is 0 Å². The fraction of sp³-hybridized carbons (Fsp3) is 0.188. The lowest BCUT2D eigenvalue weighted by Gasteiger charge is -2.05. The Hall–Kier alpha value is -2.14. The minimum absolute atomic E-state index is 0.269. The second-order valence-electron chi connectivity index (χ2n) is 5.06. The molecule has 2 N–H and O–H groups in total. The number of aryl methyl sites for hydroxylation is 2. The second-order valence-corrected chi connectivity index (χ2v) is 7.08. The molecule has 0 unspecified atom stereocenters. The summed E-state index contributed by atoms with van der Waals surface area (Å²) in [6, 6.07) is 12.3. The Balaban J connectivity index is 2.32. The van der Waals surface area contributed by atoms with E-state index in [2.05, 4.69) is 4.99 Å². The van der Waals surface area contributed by atoms with Gasteiger partial charge in [-0.15, -0.1) is 0 Å². The van der Waals surface area contributed by atoms with Crippen molar-refractivity contribution >= 4 is 21.4 Å². The third-order valence-electron chi connectivity index (χ3n) is 3.32. The van der Waals surface area contributed by atoms with Gasteiger partial charge in [0.15, 0.2) is 9.84 Å². The van der Waals surface area contributed by atoms with Crippen molar-refractivity contribution in [2.75, 3.05) is 6.26 Å². The van der Waals surface area contributed by atoms with Gasteiger partial charge < -0.3 is 5.73 Å². The molecule has 0 aromatic heterocycles. The van der Waals surface area contributed by atoms with Crippen LogP contribution in [0.15, 0.2) is 52.4 Å². The van der Waals surface area contributed by atoms with Crippen LogP contribution < -0.4 is 5.73 Å². The molecule has 0 saturated heterocycles. The van der Waals surface area contributed by atoms with Crippen molar-refractivity contribution in [2.45, 2.75) is 18.7 Å². The Labute approximate surface area is 125 Å². The molecule has 0 bridgehead atoms. The van der Waals surface area contributed by atoms with Gasteiger partial charge in [0.2, 0.25) is 0 Å². The van der Waals surface area contributed by atoms with Crippen LogP contribution >= 0.6 is 0 Å². The number of nitrogens with two attached hydrogens (primary N) is 1. The van der Waals surface area contributed by atoms with Crippen molar-refractivity contribution in [2.24, 2.45) is 10.7 Å². The Morgan fingerprint density at radius 3 is 2.14 bits per heavy atom. The zero-order valence-electron chi connectivity index (χ0n) is 12.3. The van der Waals surface area contributed by atoms with Crippen LogP contribution in [-0.2, 0) is 9.84 Å². The quantitative estimate of drug-likeness (QED) is 0.700. The normalized spacial score (nSPS) is 12.4. The summed E-state index contributed by atoms with van der Waals surface area (Å²) in [6.07, 6.45) is 1.18. The van der Waals surface area contributed by atoms with Gasteiger partial charge in [0, 0.05) is 11.8 Å². The zero-order valence-corrected chi connectivity index (χ0v) is 13.1. The lowest BCUT2D eigenvalue weighted by atomic mass is 10.1. The van der Waals surface area contributed by atoms with Crippen molar-refractivity contribution in [3.05, 3.63) is 59.2 Å². The smallest absolute Gasteiger partial charge is 0.175 e. The van der Waals surface area contributed by atoms with Crippen LogP contribution in [0.25, 0.3) is 0 Å². The molecule has 21 heavy (non-hydrogen) atoms. The van der Waals surface area contributed by atoms with Crippen molar-refractivity contribution in [3.63, 3.8) is 0 Å². The standard InChI is InChI=1S/C16H18N2O2S/c1-11-4-7-14(10-12(11)2)18-16(17)13-5-8-15(9-6-13)21(3,19)20/h4-10H,1-3H3,(H2,17,18). The predicted molar refractivity (Wildman–Crippen MR) is 85.9 cm³/mol. The first kappa shape index (κ1) is 15.3. The fourth-order valence-corrected chi connectivity index (χ4v) is 2.50. The van der Waals surface area contributed by atoms with Crippen molar-refractivity contribution in [3.8, 4) is 0 Å². The molecular formula is C16H18N2O2S. The van der Waals surface area contributed by atoms with Crippen LogP contribution in [0.5, 0.6) is 0 Å². The molecule has 4 nitrogen and oxygen atoms in total. The molecule has 110 valence electrons. The van der Waals surface area contributed by atoms with E-state index in [1.54, 1.807) is 12.1 Å². The first-order valence-corrected chi connectivity index (χ1v) is 8.38. The maximum atomic E-state index is 11.4. The SMILES string of the molecule is Cc1ccc(N=C(N)c2ccc(S(C)(=O)=O)cc2)cc1C. The molecule has 5 heteroatoms. The average Bonchev–Trinajstić information content (AvgIpc) is 2.42. The molecule has 0 heterocycles. The highest BCUT2D eigenvalue weighted by atomic mass is 32.2. The van der Waals surface area contributed by atoms with Crippen LogP contribution in [0.1, 0.15) is 16.7 Å². The maximum Gasteiger partial charge on any atom is 0.175 e. The number of rotatable bonds is 3. The molecule has 2 rings (SSSR count). The summed E-state index contributed by atoms with van der Waals surface area (Å²) >= 11 is 0. The summed E-state index contributed by atoms with van der Waals surface area (Å²) in [5.41, 5.74) is 9.80. The third-order valence-corrected chi connectivity index (χ3v) is 4.45. The van der Waals surface area contributed by atoms with Crippen molar-refractivity contribution in [1.29, 1.82) is 0 Å². The van der Waals surface area contributed by atoms with Gasteiger partial charge in [-0.3, -0.25) is 0 Å². The van der Waals surface area contributed by atoms with E-state index in [4.69, 9.17) is 5.73 Å². The molecular weight excluding hydrogens is 284 g/mol. The molecule has 0 aliphatic carbocycles. The largest absolute Gasteiger partial charge is 0.383 e. The number of amidine groups is 1. The van der Waals surface area contributed by atoms with Gasteiger partial charge in [0.05, 0.1) is 10.6 Å². The Morgan fingerprint density at radius 1 is 1.00 bits per heavy atom. The Bertz CT molecular complexity index is 792. The van der Waals surface area contributed by atoms with Gasteiger partial charge in [-0.25, -0.2) is 13.4 Å². The second kappa shape index (κ2) is 5.69. The fourth-order valence-electron chi connectivity index (χ4n) is 1.87. The lowest BCUT2D eigenvalue weighted by Crippen LogP contribution is -2.13. The minimum Gasteiger partial charge on any atom is -0.383 e. The van der Waals surface area contributed by atoms with Gasteiger partial charge in [0.25, 0.3) is 0 Å². The minimum atomic E-state index is -3.20. The molecule has 0 spiro atoms. The maximum absolute atomic E-state index is 11.4. The van der Waals surface area contributed by atoms with Gasteiger partial charge in [-0.2, -0.15) is 0 Å². The summed E-state index contributed by atoms with van der Waals surface area (Å²) < 4.78 is 22.8. The summed E-state index contributed by atoms with van der Waals surface area (Å²) in [4.78, 5) is 4.64. The highest BCUT2D eigenvalue weighted by molar-refractivity contribution is 7.90.